The summed E-state index contributed by atoms with van der Waals surface area (Å²) < 4.78 is 21.5. The van der Waals surface area contributed by atoms with E-state index in [0.29, 0.717) is 12.2 Å². The van der Waals surface area contributed by atoms with Crippen LogP contribution in [0.5, 0.6) is 11.5 Å². The van der Waals surface area contributed by atoms with Crippen LogP contribution in [0.2, 0.25) is 0 Å². The summed E-state index contributed by atoms with van der Waals surface area (Å²) in [5.74, 6) is 0.0883. The summed E-state index contributed by atoms with van der Waals surface area (Å²) in [6.45, 7) is 3.21. The average molecular weight is 462 g/mol. The van der Waals surface area contributed by atoms with E-state index >= 15 is 0 Å². The monoisotopic (exact) mass is 462 g/mol. The number of hydrogen-bond acceptors (Lipinski definition) is 9. The van der Waals surface area contributed by atoms with Crippen molar-refractivity contribution >= 4 is 5.97 Å². The van der Waals surface area contributed by atoms with Crippen LogP contribution in [-0.2, 0) is 20.7 Å². The third-order valence-electron chi connectivity index (χ3n) is 5.28. The van der Waals surface area contributed by atoms with Gasteiger partial charge in [0.25, 0.3) is 0 Å². The van der Waals surface area contributed by atoms with Crippen molar-refractivity contribution in [1.82, 2.24) is 0 Å². The summed E-state index contributed by atoms with van der Waals surface area (Å²) in [5.41, 5.74) is 1.76. The third kappa shape index (κ3) is 6.01. The van der Waals surface area contributed by atoms with Gasteiger partial charge in [-0.2, -0.15) is 0 Å². The molecule has 4 N–H and O–H groups in total. The van der Waals surface area contributed by atoms with Gasteiger partial charge in [0.15, 0.2) is 6.10 Å². The topological polar surface area (TPSA) is 135 Å². The maximum Gasteiger partial charge on any atom is 0.338 e. The summed E-state index contributed by atoms with van der Waals surface area (Å²) >= 11 is 0. The number of para-hydroxylation sites is 1. The lowest BCUT2D eigenvalue weighted by Gasteiger charge is -2.41. The second-order valence-electron chi connectivity index (χ2n) is 8.12. The molecule has 2 aromatic carbocycles. The van der Waals surface area contributed by atoms with Crippen LogP contribution in [-0.4, -0.2) is 76.4 Å². The molecule has 1 fully saturated rings. The fourth-order valence-electron chi connectivity index (χ4n) is 3.52. The highest BCUT2D eigenvalue weighted by Gasteiger charge is 2.49. The first-order valence-corrected chi connectivity index (χ1v) is 10.7. The Labute approximate surface area is 192 Å². The van der Waals surface area contributed by atoms with Crippen molar-refractivity contribution in [3.8, 4) is 11.5 Å². The van der Waals surface area contributed by atoms with Crippen LogP contribution in [0.15, 0.2) is 48.5 Å². The molecule has 9 nitrogen and oxygen atoms in total. The van der Waals surface area contributed by atoms with Crippen molar-refractivity contribution in [2.24, 2.45) is 0 Å². The molecule has 0 bridgehead atoms. The van der Waals surface area contributed by atoms with Crippen LogP contribution >= 0.6 is 0 Å². The van der Waals surface area contributed by atoms with E-state index in [2.05, 4.69) is 0 Å². The average Bonchev–Trinajstić information content (AvgIpc) is 2.80. The number of esters is 1. The lowest BCUT2D eigenvalue weighted by molar-refractivity contribution is -0.288. The van der Waals surface area contributed by atoms with Gasteiger partial charge in [0, 0.05) is 6.42 Å². The van der Waals surface area contributed by atoms with Gasteiger partial charge >= 0.3 is 5.97 Å². The van der Waals surface area contributed by atoms with Crippen LogP contribution in [0.1, 0.15) is 25.0 Å². The molecule has 0 spiro atoms. The number of ether oxygens (including phenoxy) is 4. The fraction of sp³-hybridized carbons (Fsp3) is 0.458. The first-order valence-electron chi connectivity index (χ1n) is 10.7. The quantitative estimate of drug-likeness (QED) is 0.420. The molecule has 6 atom stereocenters. The molecular formula is C24H30O9. The highest BCUT2D eigenvalue weighted by molar-refractivity contribution is 5.75. The van der Waals surface area contributed by atoms with E-state index in [1.807, 2.05) is 36.4 Å². The van der Waals surface area contributed by atoms with Crippen LogP contribution in [0.3, 0.4) is 0 Å². The van der Waals surface area contributed by atoms with Crippen molar-refractivity contribution in [2.75, 3.05) is 7.11 Å². The molecule has 2 aromatic rings. The molecule has 180 valence electrons. The Bertz CT molecular complexity index is 914. The molecule has 1 aliphatic heterocycles. The van der Waals surface area contributed by atoms with E-state index < -0.39 is 48.9 Å². The van der Waals surface area contributed by atoms with Gasteiger partial charge in [-0.15, -0.1) is 0 Å². The van der Waals surface area contributed by atoms with E-state index in [-0.39, 0.29) is 0 Å². The Kier molecular flexibility index (Phi) is 8.28. The van der Waals surface area contributed by atoms with E-state index in [1.54, 1.807) is 33.1 Å². The highest BCUT2D eigenvalue weighted by Crippen LogP contribution is 2.29. The van der Waals surface area contributed by atoms with Crippen molar-refractivity contribution in [1.29, 1.82) is 0 Å². The van der Waals surface area contributed by atoms with Crippen LogP contribution < -0.4 is 9.47 Å². The van der Waals surface area contributed by atoms with Crippen LogP contribution in [0.4, 0.5) is 0 Å². The zero-order valence-corrected chi connectivity index (χ0v) is 18.7. The number of hydrogen-bond donors (Lipinski definition) is 4. The van der Waals surface area contributed by atoms with Gasteiger partial charge in [-0.3, -0.25) is 0 Å². The fourth-order valence-corrected chi connectivity index (χ4v) is 3.52. The lowest BCUT2D eigenvalue weighted by Crippen LogP contribution is -2.63. The standard InChI is InChI=1S/C24H30O9/c1-13(2)31-23(29)21(28)22-19(26)18(25)20(27)24(33-22)32-17-7-5-4-6-15(17)12-14-8-10-16(30-3)11-9-14/h4-11,13,18-22,24-28H,12H2,1-3H3/t18-,19-,20+,21?,22-,24+/m0/s1. The zero-order valence-electron chi connectivity index (χ0n) is 18.7. The highest BCUT2D eigenvalue weighted by atomic mass is 16.7. The molecular weight excluding hydrogens is 432 g/mol. The third-order valence-corrected chi connectivity index (χ3v) is 5.28. The molecule has 1 aliphatic rings. The summed E-state index contributed by atoms with van der Waals surface area (Å²) in [6.07, 6.45) is -9.97. The van der Waals surface area contributed by atoms with Gasteiger partial charge in [0.05, 0.1) is 13.2 Å². The molecule has 0 amide bonds. The van der Waals surface area contributed by atoms with Gasteiger partial charge in [0.1, 0.15) is 35.9 Å². The molecule has 1 heterocycles. The van der Waals surface area contributed by atoms with Crippen molar-refractivity contribution < 1.29 is 44.2 Å². The van der Waals surface area contributed by atoms with E-state index in [0.717, 1.165) is 16.9 Å². The van der Waals surface area contributed by atoms with Gasteiger partial charge in [-0.1, -0.05) is 30.3 Å². The Morgan fingerprint density at radius 1 is 1.00 bits per heavy atom. The molecule has 9 heteroatoms. The minimum absolute atomic E-state index is 0.374. The summed E-state index contributed by atoms with van der Waals surface area (Å²) in [4.78, 5) is 12.1. The Morgan fingerprint density at radius 2 is 1.67 bits per heavy atom. The Morgan fingerprint density at radius 3 is 2.30 bits per heavy atom. The second kappa shape index (κ2) is 11.0. The molecule has 0 aromatic heterocycles. The number of carbonyl (C=O) groups excluding carboxylic acids is 1. The number of aliphatic hydroxyl groups is 4. The number of rotatable bonds is 8. The predicted molar refractivity (Wildman–Crippen MR) is 117 cm³/mol. The first kappa shape index (κ1) is 24.9. The minimum atomic E-state index is -1.88. The maximum absolute atomic E-state index is 12.1. The second-order valence-corrected chi connectivity index (χ2v) is 8.12. The number of benzene rings is 2. The minimum Gasteiger partial charge on any atom is -0.497 e. The molecule has 3 rings (SSSR count). The maximum atomic E-state index is 12.1. The molecule has 0 saturated carbocycles. The molecule has 0 aliphatic carbocycles. The predicted octanol–water partition coefficient (Wildman–Crippen LogP) is 0.785. The number of aliphatic hydroxyl groups excluding tert-OH is 4. The van der Waals surface area contributed by atoms with Crippen molar-refractivity contribution in [3.63, 3.8) is 0 Å². The lowest BCUT2D eigenvalue weighted by atomic mass is 9.95. The molecule has 33 heavy (non-hydrogen) atoms. The van der Waals surface area contributed by atoms with E-state index in [1.165, 1.54) is 0 Å². The number of methoxy groups -OCH3 is 1. The van der Waals surface area contributed by atoms with Gasteiger partial charge in [-0.05, 0) is 43.2 Å². The van der Waals surface area contributed by atoms with Crippen molar-refractivity contribution in [2.45, 2.75) is 63.2 Å². The SMILES string of the molecule is COc1ccc(Cc2ccccc2O[C@@H]2O[C@H](C(O)C(=O)OC(C)C)[C@@H](O)[C@H](O)[C@H]2O)cc1. The summed E-state index contributed by atoms with van der Waals surface area (Å²) in [5, 5.41) is 41.3. The molecule has 1 saturated heterocycles. The van der Waals surface area contributed by atoms with Crippen molar-refractivity contribution in [3.05, 3.63) is 59.7 Å². The van der Waals surface area contributed by atoms with E-state index in [9.17, 15) is 25.2 Å². The van der Waals surface area contributed by atoms with Crippen LogP contribution in [0, 0.1) is 0 Å². The van der Waals surface area contributed by atoms with Gasteiger partial charge < -0.3 is 39.4 Å². The molecule has 1 unspecified atom stereocenters. The normalized spacial score (nSPS) is 26.0. The van der Waals surface area contributed by atoms with Gasteiger partial charge in [0.2, 0.25) is 6.29 Å². The smallest absolute Gasteiger partial charge is 0.338 e. The van der Waals surface area contributed by atoms with Crippen LogP contribution in [0.25, 0.3) is 0 Å². The summed E-state index contributed by atoms with van der Waals surface area (Å²) in [7, 11) is 1.59. The largest absolute Gasteiger partial charge is 0.497 e. The Hall–Kier alpha value is -2.69. The van der Waals surface area contributed by atoms with Gasteiger partial charge in [-0.25, -0.2) is 4.79 Å². The Balaban J connectivity index is 1.78. The molecule has 0 radical (unpaired) electrons. The first-order chi connectivity index (χ1) is 15.7. The van der Waals surface area contributed by atoms with E-state index in [4.69, 9.17) is 18.9 Å². The summed E-state index contributed by atoms with van der Waals surface area (Å²) in [6, 6.07) is 14.6. The number of carbonyl (C=O) groups is 1. The zero-order chi connectivity index (χ0) is 24.1.